The molecule has 0 atom stereocenters. The first-order chi connectivity index (χ1) is 10.3. The minimum absolute atomic E-state index is 0.0335. The maximum atomic E-state index is 12.1. The van der Waals surface area contributed by atoms with Gasteiger partial charge in [-0.15, -0.1) is 0 Å². The molecule has 5 nitrogen and oxygen atoms in total. The standard InChI is InChI=1S/C16H24N4O/c1-3-5-11-17-15(21)12-20-14-9-7-6-8-13(14)19-16(20)18-10-4-2/h6-9H,3-5,10-12H2,1-2H3,(H,17,21)(H,18,19). The Morgan fingerprint density at radius 3 is 2.76 bits per heavy atom. The number of nitrogens with zero attached hydrogens (tertiary/aromatic N) is 2. The number of para-hydroxylation sites is 2. The quantitative estimate of drug-likeness (QED) is 0.734. The molecule has 0 unspecified atom stereocenters. The number of unbranched alkanes of at least 4 members (excludes halogenated alkanes) is 1. The van der Waals surface area contributed by atoms with Crippen LogP contribution in [-0.4, -0.2) is 28.5 Å². The van der Waals surface area contributed by atoms with Crippen molar-refractivity contribution >= 4 is 22.9 Å². The molecule has 0 radical (unpaired) electrons. The van der Waals surface area contributed by atoms with Crippen LogP contribution < -0.4 is 10.6 Å². The zero-order valence-corrected chi connectivity index (χ0v) is 12.9. The van der Waals surface area contributed by atoms with Gasteiger partial charge in [-0.2, -0.15) is 0 Å². The Morgan fingerprint density at radius 1 is 1.19 bits per heavy atom. The average Bonchev–Trinajstić information content (AvgIpc) is 2.83. The van der Waals surface area contributed by atoms with E-state index in [4.69, 9.17) is 0 Å². The number of aromatic nitrogens is 2. The molecule has 1 amide bonds. The van der Waals surface area contributed by atoms with Gasteiger partial charge in [-0.3, -0.25) is 4.79 Å². The van der Waals surface area contributed by atoms with E-state index in [1.54, 1.807) is 0 Å². The first-order valence-corrected chi connectivity index (χ1v) is 7.72. The van der Waals surface area contributed by atoms with E-state index in [9.17, 15) is 4.79 Å². The van der Waals surface area contributed by atoms with Crippen molar-refractivity contribution < 1.29 is 4.79 Å². The van der Waals surface area contributed by atoms with E-state index in [0.29, 0.717) is 6.54 Å². The Labute approximate surface area is 125 Å². The Balaban J connectivity index is 2.17. The van der Waals surface area contributed by atoms with Gasteiger partial charge in [-0.05, 0) is 25.0 Å². The molecule has 5 heteroatoms. The van der Waals surface area contributed by atoms with Crippen LogP contribution in [0, 0.1) is 0 Å². The van der Waals surface area contributed by atoms with Crippen LogP contribution >= 0.6 is 0 Å². The number of carbonyl (C=O) groups is 1. The third kappa shape index (κ3) is 3.97. The van der Waals surface area contributed by atoms with Crippen molar-refractivity contribution in [1.29, 1.82) is 0 Å². The van der Waals surface area contributed by atoms with Gasteiger partial charge in [0, 0.05) is 13.1 Å². The molecule has 0 spiro atoms. The van der Waals surface area contributed by atoms with Gasteiger partial charge < -0.3 is 15.2 Å². The Bertz CT molecular complexity index is 591. The fourth-order valence-electron chi connectivity index (χ4n) is 2.21. The molecule has 0 aliphatic rings. The second-order valence-electron chi connectivity index (χ2n) is 5.14. The molecule has 0 fully saturated rings. The lowest BCUT2D eigenvalue weighted by Crippen LogP contribution is -2.28. The maximum Gasteiger partial charge on any atom is 0.240 e. The predicted octanol–water partition coefficient (Wildman–Crippen LogP) is 2.77. The van der Waals surface area contributed by atoms with Crippen molar-refractivity contribution in [2.45, 2.75) is 39.7 Å². The predicted molar refractivity (Wildman–Crippen MR) is 86.4 cm³/mol. The number of hydrogen-bond acceptors (Lipinski definition) is 3. The number of benzene rings is 1. The summed E-state index contributed by atoms with van der Waals surface area (Å²) in [6.45, 7) is 6.11. The highest BCUT2D eigenvalue weighted by atomic mass is 16.1. The number of amides is 1. The van der Waals surface area contributed by atoms with Gasteiger partial charge in [-0.25, -0.2) is 4.98 Å². The summed E-state index contributed by atoms with van der Waals surface area (Å²) in [6, 6.07) is 7.90. The van der Waals surface area contributed by atoms with Gasteiger partial charge in [-0.1, -0.05) is 32.4 Å². The minimum atomic E-state index is 0.0335. The van der Waals surface area contributed by atoms with E-state index in [0.717, 1.165) is 49.3 Å². The lowest BCUT2D eigenvalue weighted by atomic mass is 10.3. The normalized spacial score (nSPS) is 10.8. The number of carbonyl (C=O) groups excluding carboxylic acids is 1. The second-order valence-corrected chi connectivity index (χ2v) is 5.14. The van der Waals surface area contributed by atoms with E-state index in [-0.39, 0.29) is 5.91 Å². The van der Waals surface area contributed by atoms with Crippen LogP contribution in [0.25, 0.3) is 11.0 Å². The number of fused-ring (bicyclic) bond motifs is 1. The van der Waals surface area contributed by atoms with Crippen LogP contribution in [-0.2, 0) is 11.3 Å². The zero-order chi connectivity index (χ0) is 15.1. The summed E-state index contributed by atoms with van der Waals surface area (Å²) >= 11 is 0. The van der Waals surface area contributed by atoms with Crippen molar-refractivity contribution in [3.63, 3.8) is 0 Å². The van der Waals surface area contributed by atoms with E-state index in [1.807, 2.05) is 28.8 Å². The number of hydrogen-bond donors (Lipinski definition) is 2. The highest BCUT2D eigenvalue weighted by Crippen LogP contribution is 2.19. The molecule has 0 aliphatic carbocycles. The molecule has 2 rings (SSSR count). The fourth-order valence-corrected chi connectivity index (χ4v) is 2.21. The average molecular weight is 288 g/mol. The van der Waals surface area contributed by atoms with Gasteiger partial charge in [0.1, 0.15) is 6.54 Å². The number of nitrogens with one attached hydrogen (secondary N) is 2. The van der Waals surface area contributed by atoms with Gasteiger partial charge in [0.25, 0.3) is 0 Å². The molecule has 2 N–H and O–H groups in total. The van der Waals surface area contributed by atoms with Crippen molar-refractivity contribution in [3.05, 3.63) is 24.3 Å². The molecule has 1 aromatic heterocycles. The van der Waals surface area contributed by atoms with Gasteiger partial charge in [0.15, 0.2) is 0 Å². The first-order valence-electron chi connectivity index (χ1n) is 7.72. The molecule has 1 aromatic carbocycles. The van der Waals surface area contributed by atoms with Crippen molar-refractivity contribution in [3.8, 4) is 0 Å². The number of anilines is 1. The molecule has 0 aliphatic heterocycles. The minimum Gasteiger partial charge on any atom is -0.356 e. The summed E-state index contributed by atoms with van der Waals surface area (Å²) in [4.78, 5) is 16.6. The molecule has 114 valence electrons. The molecule has 0 saturated heterocycles. The molecule has 21 heavy (non-hydrogen) atoms. The van der Waals surface area contributed by atoms with Crippen LogP contribution in [0.5, 0.6) is 0 Å². The van der Waals surface area contributed by atoms with E-state index >= 15 is 0 Å². The smallest absolute Gasteiger partial charge is 0.240 e. The van der Waals surface area contributed by atoms with Crippen LogP contribution in [0.4, 0.5) is 5.95 Å². The number of rotatable bonds is 8. The largest absolute Gasteiger partial charge is 0.356 e. The van der Waals surface area contributed by atoms with Gasteiger partial charge in [0.05, 0.1) is 11.0 Å². The molecule has 1 heterocycles. The summed E-state index contributed by atoms with van der Waals surface area (Å²) in [7, 11) is 0. The lowest BCUT2D eigenvalue weighted by Gasteiger charge is -2.10. The summed E-state index contributed by atoms with van der Waals surface area (Å²) in [5, 5.41) is 6.25. The Kier molecular flexibility index (Phi) is 5.60. The van der Waals surface area contributed by atoms with Gasteiger partial charge >= 0.3 is 0 Å². The van der Waals surface area contributed by atoms with Crippen LogP contribution in [0.1, 0.15) is 33.1 Å². The summed E-state index contributed by atoms with van der Waals surface area (Å²) in [5.41, 5.74) is 1.90. The molecule has 0 bridgehead atoms. The summed E-state index contributed by atoms with van der Waals surface area (Å²) in [5.74, 6) is 0.801. The molecular weight excluding hydrogens is 264 g/mol. The lowest BCUT2D eigenvalue weighted by molar-refractivity contribution is -0.121. The van der Waals surface area contributed by atoms with E-state index in [2.05, 4.69) is 29.5 Å². The van der Waals surface area contributed by atoms with Gasteiger partial charge in [0.2, 0.25) is 11.9 Å². The third-order valence-corrected chi connectivity index (χ3v) is 3.34. The Hall–Kier alpha value is -2.04. The second kappa shape index (κ2) is 7.67. The van der Waals surface area contributed by atoms with Crippen molar-refractivity contribution in [2.75, 3.05) is 18.4 Å². The Morgan fingerprint density at radius 2 is 2.00 bits per heavy atom. The maximum absolute atomic E-state index is 12.1. The molecule has 2 aromatic rings. The molecular formula is C16H24N4O. The van der Waals surface area contributed by atoms with Crippen molar-refractivity contribution in [1.82, 2.24) is 14.9 Å². The van der Waals surface area contributed by atoms with Crippen LogP contribution in [0.15, 0.2) is 24.3 Å². The topological polar surface area (TPSA) is 59.0 Å². The third-order valence-electron chi connectivity index (χ3n) is 3.34. The molecule has 0 saturated carbocycles. The fraction of sp³-hybridized carbons (Fsp3) is 0.500. The number of imidazole rings is 1. The SMILES string of the molecule is CCCCNC(=O)Cn1c(NCCC)nc2ccccc21. The summed E-state index contributed by atoms with van der Waals surface area (Å²) in [6.07, 6.45) is 3.11. The van der Waals surface area contributed by atoms with Crippen molar-refractivity contribution in [2.24, 2.45) is 0 Å². The van der Waals surface area contributed by atoms with E-state index < -0.39 is 0 Å². The van der Waals surface area contributed by atoms with Crippen LogP contribution in [0.3, 0.4) is 0 Å². The van der Waals surface area contributed by atoms with E-state index in [1.165, 1.54) is 0 Å². The van der Waals surface area contributed by atoms with Crippen LogP contribution in [0.2, 0.25) is 0 Å². The first kappa shape index (κ1) is 15.4. The monoisotopic (exact) mass is 288 g/mol. The summed E-state index contributed by atoms with van der Waals surface area (Å²) < 4.78 is 1.95. The highest BCUT2D eigenvalue weighted by molar-refractivity contribution is 5.83. The zero-order valence-electron chi connectivity index (χ0n) is 12.9. The highest BCUT2D eigenvalue weighted by Gasteiger charge is 2.12.